The fourth-order valence-corrected chi connectivity index (χ4v) is 4.66. The van der Waals surface area contributed by atoms with Gasteiger partial charge in [0.1, 0.15) is 12.1 Å². The number of amides is 4. The van der Waals surface area contributed by atoms with Gasteiger partial charge in [0.2, 0.25) is 5.91 Å². The highest BCUT2D eigenvalue weighted by molar-refractivity contribution is 7.10. The van der Waals surface area contributed by atoms with E-state index < -0.39 is 11.6 Å². The summed E-state index contributed by atoms with van der Waals surface area (Å²) in [5.74, 6) is -0.330. The number of imide groups is 1. The van der Waals surface area contributed by atoms with Crippen molar-refractivity contribution in [2.24, 2.45) is 5.92 Å². The molecule has 2 aliphatic rings. The van der Waals surface area contributed by atoms with Crippen LogP contribution in [0.3, 0.4) is 0 Å². The second-order valence-corrected chi connectivity index (χ2v) is 8.25. The van der Waals surface area contributed by atoms with Crippen LogP contribution < -0.4 is 10.6 Å². The molecule has 7 heteroatoms. The normalized spacial score (nSPS) is 20.8. The lowest BCUT2D eigenvalue weighted by atomic mass is 9.82. The molecule has 25 heavy (non-hydrogen) atoms. The Kier molecular flexibility index (Phi) is 5.13. The molecule has 2 fully saturated rings. The van der Waals surface area contributed by atoms with Gasteiger partial charge in [-0.25, -0.2) is 4.79 Å². The van der Waals surface area contributed by atoms with Gasteiger partial charge in [-0.3, -0.25) is 14.5 Å². The van der Waals surface area contributed by atoms with E-state index in [4.69, 9.17) is 0 Å². The maximum Gasteiger partial charge on any atom is 0.325 e. The average Bonchev–Trinajstić information content (AvgIpc) is 3.17. The van der Waals surface area contributed by atoms with Crippen LogP contribution in [0, 0.1) is 5.92 Å². The quantitative estimate of drug-likeness (QED) is 0.790. The van der Waals surface area contributed by atoms with Gasteiger partial charge in [0.05, 0.1) is 6.04 Å². The maximum atomic E-state index is 12.7. The van der Waals surface area contributed by atoms with Crippen LogP contribution in [0.5, 0.6) is 0 Å². The van der Waals surface area contributed by atoms with E-state index in [2.05, 4.69) is 10.6 Å². The molecule has 3 rings (SSSR count). The third kappa shape index (κ3) is 3.56. The summed E-state index contributed by atoms with van der Waals surface area (Å²) in [6.07, 6.45) is 4.28. The summed E-state index contributed by atoms with van der Waals surface area (Å²) in [7, 11) is 0. The highest BCUT2D eigenvalue weighted by Crippen LogP contribution is 2.33. The first-order valence-corrected chi connectivity index (χ1v) is 9.78. The molecule has 2 heterocycles. The van der Waals surface area contributed by atoms with Gasteiger partial charge >= 0.3 is 6.03 Å². The molecule has 0 radical (unpaired) electrons. The van der Waals surface area contributed by atoms with Crippen molar-refractivity contribution in [2.75, 3.05) is 6.54 Å². The number of rotatable bonds is 5. The molecule has 1 aliphatic carbocycles. The van der Waals surface area contributed by atoms with Gasteiger partial charge in [0.15, 0.2) is 0 Å². The number of urea groups is 1. The van der Waals surface area contributed by atoms with E-state index in [9.17, 15) is 14.4 Å². The Bertz CT molecular complexity index is 651. The van der Waals surface area contributed by atoms with Gasteiger partial charge < -0.3 is 10.6 Å². The van der Waals surface area contributed by atoms with Crippen LogP contribution in [0.2, 0.25) is 0 Å². The van der Waals surface area contributed by atoms with Crippen molar-refractivity contribution >= 4 is 29.2 Å². The molecule has 1 saturated heterocycles. The zero-order valence-corrected chi connectivity index (χ0v) is 15.5. The molecule has 2 N–H and O–H groups in total. The van der Waals surface area contributed by atoms with Crippen molar-refractivity contribution in [2.45, 2.75) is 57.5 Å². The van der Waals surface area contributed by atoms with Crippen LogP contribution in [0.15, 0.2) is 17.5 Å². The fourth-order valence-electron chi connectivity index (χ4n) is 3.71. The van der Waals surface area contributed by atoms with E-state index in [1.807, 2.05) is 31.4 Å². The van der Waals surface area contributed by atoms with Crippen LogP contribution in [0.4, 0.5) is 4.79 Å². The molecule has 1 aromatic heterocycles. The van der Waals surface area contributed by atoms with E-state index in [0.717, 1.165) is 29.0 Å². The summed E-state index contributed by atoms with van der Waals surface area (Å²) in [6, 6.07) is 3.38. The lowest BCUT2D eigenvalue weighted by molar-refractivity contribution is -0.136. The van der Waals surface area contributed by atoms with Gasteiger partial charge in [-0.05, 0) is 30.2 Å². The van der Waals surface area contributed by atoms with Gasteiger partial charge in [-0.15, -0.1) is 11.3 Å². The molecule has 1 unspecified atom stereocenters. The Balaban J connectivity index is 1.66. The van der Waals surface area contributed by atoms with Gasteiger partial charge in [-0.1, -0.05) is 39.2 Å². The summed E-state index contributed by atoms with van der Waals surface area (Å²) in [4.78, 5) is 39.6. The summed E-state index contributed by atoms with van der Waals surface area (Å²) < 4.78 is 0. The lowest BCUT2D eigenvalue weighted by Gasteiger charge is -2.30. The number of carbonyl (C=O) groups excluding carboxylic acids is 3. The molecular formula is C18H25N3O3S. The van der Waals surface area contributed by atoms with Crippen molar-refractivity contribution < 1.29 is 14.4 Å². The van der Waals surface area contributed by atoms with Gasteiger partial charge in [-0.2, -0.15) is 0 Å². The smallest absolute Gasteiger partial charge is 0.325 e. The van der Waals surface area contributed by atoms with E-state index in [1.54, 1.807) is 11.3 Å². The summed E-state index contributed by atoms with van der Waals surface area (Å²) >= 11 is 1.59. The molecule has 136 valence electrons. The molecule has 0 bridgehead atoms. The Hall–Kier alpha value is -1.89. The topological polar surface area (TPSA) is 78.5 Å². The predicted octanol–water partition coefficient (Wildman–Crippen LogP) is 2.82. The van der Waals surface area contributed by atoms with Crippen molar-refractivity contribution in [3.8, 4) is 0 Å². The van der Waals surface area contributed by atoms with Crippen LogP contribution in [-0.4, -0.2) is 34.8 Å². The maximum absolute atomic E-state index is 12.7. The molecule has 6 nitrogen and oxygen atoms in total. The van der Waals surface area contributed by atoms with Crippen LogP contribution in [0.1, 0.15) is 56.9 Å². The minimum atomic E-state index is -0.777. The molecule has 0 aromatic carbocycles. The first-order chi connectivity index (χ1) is 11.9. The minimum absolute atomic E-state index is 0.114. The lowest BCUT2D eigenvalue weighted by Crippen LogP contribution is -2.49. The van der Waals surface area contributed by atoms with Crippen molar-refractivity contribution in [3.05, 3.63) is 22.4 Å². The van der Waals surface area contributed by atoms with E-state index in [1.165, 1.54) is 0 Å². The average molecular weight is 363 g/mol. The largest absolute Gasteiger partial charge is 0.347 e. The van der Waals surface area contributed by atoms with Crippen molar-refractivity contribution in [1.29, 1.82) is 0 Å². The van der Waals surface area contributed by atoms with E-state index >= 15 is 0 Å². The zero-order chi connectivity index (χ0) is 18.0. The minimum Gasteiger partial charge on any atom is -0.347 e. The second-order valence-electron chi connectivity index (χ2n) is 7.27. The third-order valence-corrected chi connectivity index (χ3v) is 6.04. The number of carbonyl (C=O) groups is 3. The fraction of sp³-hybridized carbons (Fsp3) is 0.611. The zero-order valence-electron chi connectivity index (χ0n) is 14.7. The molecule has 4 amide bonds. The Labute approximate surface area is 152 Å². The molecule has 1 aliphatic heterocycles. The van der Waals surface area contributed by atoms with E-state index in [-0.39, 0.29) is 30.3 Å². The number of hydrogen-bond acceptors (Lipinski definition) is 4. The number of nitrogens with one attached hydrogen (secondary N) is 2. The predicted molar refractivity (Wildman–Crippen MR) is 96.1 cm³/mol. The molecule has 1 saturated carbocycles. The SMILES string of the molecule is CC(C)C(NC(=O)CN1C(=O)NC2(CCCCC2)C1=O)c1cccs1. The van der Waals surface area contributed by atoms with E-state index in [0.29, 0.717) is 12.8 Å². The Morgan fingerprint density at radius 2 is 2.04 bits per heavy atom. The number of nitrogens with zero attached hydrogens (tertiary/aromatic N) is 1. The summed E-state index contributed by atoms with van der Waals surface area (Å²) in [5.41, 5.74) is -0.777. The summed E-state index contributed by atoms with van der Waals surface area (Å²) in [6.45, 7) is 3.85. The highest BCUT2D eigenvalue weighted by Gasteiger charge is 2.51. The van der Waals surface area contributed by atoms with Crippen LogP contribution in [0.25, 0.3) is 0 Å². The highest BCUT2D eigenvalue weighted by atomic mass is 32.1. The first kappa shape index (κ1) is 17.9. The molecular weight excluding hydrogens is 338 g/mol. The van der Waals surface area contributed by atoms with Gasteiger partial charge in [0.25, 0.3) is 5.91 Å². The Morgan fingerprint density at radius 1 is 1.32 bits per heavy atom. The van der Waals surface area contributed by atoms with Gasteiger partial charge in [0, 0.05) is 4.88 Å². The monoisotopic (exact) mass is 363 g/mol. The van der Waals surface area contributed by atoms with Crippen LogP contribution in [-0.2, 0) is 9.59 Å². The number of hydrogen-bond donors (Lipinski definition) is 2. The molecule has 1 spiro atoms. The second kappa shape index (κ2) is 7.15. The van der Waals surface area contributed by atoms with Crippen molar-refractivity contribution in [3.63, 3.8) is 0 Å². The molecule has 1 atom stereocenters. The standard InChI is InChI=1S/C18H25N3O3S/c1-12(2)15(13-7-6-10-25-13)19-14(22)11-21-16(23)18(20-17(21)24)8-4-3-5-9-18/h6-7,10,12,15H,3-5,8-9,11H2,1-2H3,(H,19,22)(H,20,24). The summed E-state index contributed by atoms with van der Waals surface area (Å²) in [5, 5.41) is 7.79. The number of thiophene rings is 1. The first-order valence-electron chi connectivity index (χ1n) is 8.90. The third-order valence-electron chi connectivity index (χ3n) is 5.09. The van der Waals surface area contributed by atoms with Crippen LogP contribution >= 0.6 is 11.3 Å². The Morgan fingerprint density at radius 3 is 2.64 bits per heavy atom. The van der Waals surface area contributed by atoms with Crippen molar-refractivity contribution in [1.82, 2.24) is 15.5 Å². The molecule has 1 aromatic rings.